The third-order valence-corrected chi connectivity index (χ3v) is 4.84. The quantitative estimate of drug-likeness (QED) is 0.434. The number of piperidine rings is 1. The van der Waals surface area contributed by atoms with Gasteiger partial charge in [-0.1, -0.05) is 0 Å². The maximum atomic E-state index is 13.2. The van der Waals surface area contributed by atoms with Crippen molar-refractivity contribution in [3.8, 4) is 5.75 Å². The van der Waals surface area contributed by atoms with Crippen LogP contribution in [-0.2, 0) is 9.53 Å². The molecule has 1 aliphatic rings. The highest BCUT2D eigenvalue weighted by Gasteiger charge is 2.38. The first-order valence-corrected chi connectivity index (χ1v) is 9.95. The van der Waals surface area contributed by atoms with Crippen LogP contribution >= 0.6 is 0 Å². The predicted octanol–water partition coefficient (Wildman–Crippen LogP) is 2.23. The Labute approximate surface area is 185 Å². The summed E-state index contributed by atoms with van der Waals surface area (Å²) >= 11 is 0. The lowest BCUT2D eigenvalue weighted by molar-refractivity contribution is -0.384. The number of nitro benzene ring substituents is 1. The Morgan fingerprint density at radius 1 is 1.25 bits per heavy atom. The van der Waals surface area contributed by atoms with E-state index in [2.05, 4.69) is 10.6 Å². The molecule has 12 heteroatoms. The summed E-state index contributed by atoms with van der Waals surface area (Å²) in [5.41, 5.74) is -1.12. The molecule has 1 aromatic rings. The second-order valence-corrected chi connectivity index (χ2v) is 8.31. The van der Waals surface area contributed by atoms with Gasteiger partial charge in [0.1, 0.15) is 17.4 Å². The van der Waals surface area contributed by atoms with Crippen molar-refractivity contribution in [2.75, 3.05) is 26.0 Å². The number of methoxy groups -OCH3 is 1. The molecule has 0 saturated carbocycles. The first kappa shape index (κ1) is 24.7. The molecule has 1 aromatic carbocycles. The summed E-state index contributed by atoms with van der Waals surface area (Å²) in [7, 11) is 2.78. The van der Waals surface area contributed by atoms with E-state index in [4.69, 9.17) is 9.47 Å². The Bertz CT molecular complexity index is 912. The number of rotatable bonds is 6. The molecule has 176 valence electrons. The third-order valence-electron chi connectivity index (χ3n) is 4.84. The van der Waals surface area contributed by atoms with Gasteiger partial charge in [-0.25, -0.2) is 9.59 Å². The number of carbonyl (C=O) groups is 3. The predicted molar refractivity (Wildman–Crippen MR) is 114 cm³/mol. The normalized spacial score (nSPS) is 18.5. The van der Waals surface area contributed by atoms with Crippen molar-refractivity contribution in [1.82, 2.24) is 10.2 Å². The summed E-state index contributed by atoms with van der Waals surface area (Å²) in [5.74, 6) is -1.86. The molecule has 1 saturated heterocycles. The molecule has 1 aliphatic heterocycles. The van der Waals surface area contributed by atoms with Gasteiger partial charge in [-0.05, 0) is 39.7 Å². The molecule has 0 radical (unpaired) electrons. The Balaban J connectivity index is 2.35. The Morgan fingerprint density at radius 2 is 1.91 bits per heavy atom. The number of aliphatic carboxylic acids is 1. The van der Waals surface area contributed by atoms with Gasteiger partial charge in [0.05, 0.1) is 17.6 Å². The van der Waals surface area contributed by atoms with Crippen LogP contribution in [0.4, 0.5) is 16.2 Å². The van der Waals surface area contributed by atoms with Crippen molar-refractivity contribution in [2.45, 2.75) is 51.3 Å². The van der Waals surface area contributed by atoms with E-state index in [-0.39, 0.29) is 35.7 Å². The van der Waals surface area contributed by atoms with Gasteiger partial charge in [-0.3, -0.25) is 14.9 Å². The number of carbonyl (C=O) groups excluding carboxylic acids is 2. The number of hydrogen-bond donors (Lipinski definition) is 3. The highest BCUT2D eigenvalue weighted by Crippen LogP contribution is 2.36. The standard InChI is InChI=1S/C20H28N4O8/c1-20(2,3)32-19(28)22-12-6-7-13(18(26)27)23(10-12)17(25)11-8-14(24(29)30)16(21-4)15(9-11)31-5/h8-9,12-13,21H,6-7,10H2,1-5H3,(H,22,28)(H,26,27)/t12?,13-/m1/s1. The number of carboxylic acids is 1. The summed E-state index contributed by atoms with van der Waals surface area (Å²) in [6.45, 7) is 5.02. The topological polar surface area (TPSA) is 160 Å². The first-order valence-electron chi connectivity index (χ1n) is 9.95. The molecule has 0 spiro atoms. The Kier molecular flexibility index (Phi) is 7.49. The number of hydrogen-bond acceptors (Lipinski definition) is 8. The van der Waals surface area contributed by atoms with Gasteiger partial charge in [0.15, 0.2) is 5.69 Å². The molecule has 0 bridgehead atoms. The second-order valence-electron chi connectivity index (χ2n) is 8.31. The summed E-state index contributed by atoms with van der Waals surface area (Å²) in [6, 6.07) is 0.692. The maximum absolute atomic E-state index is 13.2. The number of anilines is 1. The average Bonchev–Trinajstić information content (AvgIpc) is 2.70. The minimum atomic E-state index is -1.21. The molecular formula is C20H28N4O8. The number of amides is 2. The van der Waals surface area contributed by atoms with Crippen molar-refractivity contribution < 1.29 is 33.9 Å². The summed E-state index contributed by atoms with van der Waals surface area (Å²) in [5, 5.41) is 26.4. The van der Waals surface area contributed by atoms with Gasteiger partial charge in [0, 0.05) is 25.7 Å². The largest absolute Gasteiger partial charge is 0.494 e. The van der Waals surface area contributed by atoms with Crippen molar-refractivity contribution in [2.24, 2.45) is 0 Å². The van der Waals surface area contributed by atoms with E-state index in [0.29, 0.717) is 6.42 Å². The maximum Gasteiger partial charge on any atom is 0.407 e. The zero-order valence-corrected chi connectivity index (χ0v) is 18.6. The van der Waals surface area contributed by atoms with Crippen molar-refractivity contribution >= 4 is 29.3 Å². The zero-order valence-electron chi connectivity index (χ0n) is 18.6. The number of nitrogens with one attached hydrogen (secondary N) is 2. The van der Waals surface area contributed by atoms with E-state index in [1.54, 1.807) is 20.8 Å². The van der Waals surface area contributed by atoms with E-state index in [1.807, 2.05) is 0 Å². The smallest absolute Gasteiger partial charge is 0.407 e. The van der Waals surface area contributed by atoms with E-state index in [1.165, 1.54) is 20.2 Å². The lowest BCUT2D eigenvalue weighted by atomic mass is 9.97. The van der Waals surface area contributed by atoms with Crippen LogP contribution < -0.4 is 15.4 Å². The molecule has 1 heterocycles. The second kappa shape index (κ2) is 9.71. The van der Waals surface area contributed by atoms with E-state index in [0.717, 1.165) is 11.0 Å². The number of likely N-dealkylation sites (tertiary alicyclic amines) is 1. The minimum Gasteiger partial charge on any atom is -0.494 e. The molecular weight excluding hydrogens is 424 g/mol. The minimum absolute atomic E-state index is 0.0670. The van der Waals surface area contributed by atoms with E-state index < -0.39 is 40.6 Å². The number of ether oxygens (including phenoxy) is 2. The number of benzene rings is 1. The molecule has 1 unspecified atom stereocenters. The summed E-state index contributed by atoms with van der Waals surface area (Å²) in [4.78, 5) is 49.0. The fourth-order valence-electron chi connectivity index (χ4n) is 3.49. The molecule has 32 heavy (non-hydrogen) atoms. The highest BCUT2D eigenvalue weighted by molar-refractivity contribution is 5.99. The van der Waals surface area contributed by atoms with Crippen LogP contribution in [-0.4, -0.2) is 71.3 Å². The number of nitro groups is 1. The van der Waals surface area contributed by atoms with Gasteiger partial charge in [0.25, 0.3) is 11.6 Å². The van der Waals surface area contributed by atoms with Gasteiger partial charge in [0.2, 0.25) is 0 Å². The lowest BCUT2D eigenvalue weighted by Gasteiger charge is -2.38. The van der Waals surface area contributed by atoms with Gasteiger partial charge >= 0.3 is 12.1 Å². The average molecular weight is 452 g/mol. The monoisotopic (exact) mass is 452 g/mol. The van der Waals surface area contributed by atoms with Crippen LogP contribution in [0.15, 0.2) is 12.1 Å². The lowest BCUT2D eigenvalue weighted by Crippen LogP contribution is -2.56. The Morgan fingerprint density at radius 3 is 2.41 bits per heavy atom. The van der Waals surface area contributed by atoms with Crippen LogP contribution in [0.25, 0.3) is 0 Å². The fraction of sp³-hybridized carbons (Fsp3) is 0.550. The molecule has 0 aliphatic carbocycles. The van der Waals surface area contributed by atoms with E-state index in [9.17, 15) is 29.6 Å². The molecule has 0 aromatic heterocycles. The Hall–Kier alpha value is -3.57. The van der Waals surface area contributed by atoms with Crippen molar-refractivity contribution in [3.05, 3.63) is 27.8 Å². The third kappa shape index (κ3) is 5.77. The van der Waals surface area contributed by atoms with Crippen LogP contribution in [0.5, 0.6) is 5.75 Å². The number of nitrogens with zero attached hydrogens (tertiary/aromatic N) is 2. The van der Waals surface area contributed by atoms with Crippen molar-refractivity contribution in [3.63, 3.8) is 0 Å². The molecule has 2 amide bonds. The van der Waals surface area contributed by atoms with Gasteiger partial charge in [-0.2, -0.15) is 0 Å². The fourth-order valence-corrected chi connectivity index (χ4v) is 3.49. The molecule has 2 atom stereocenters. The molecule has 1 fully saturated rings. The zero-order chi connectivity index (χ0) is 24.2. The molecule has 3 N–H and O–H groups in total. The molecule has 12 nitrogen and oxygen atoms in total. The van der Waals surface area contributed by atoms with Crippen LogP contribution in [0.3, 0.4) is 0 Å². The van der Waals surface area contributed by atoms with Gasteiger partial charge < -0.3 is 30.1 Å². The van der Waals surface area contributed by atoms with Crippen molar-refractivity contribution in [1.29, 1.82) is 0 Å². The van der Waals surface area contributed by atoms with Crippen LogP contribution in [0.2, 0.25) is 0 Å². The number of alkyl carbamates (subject to hydrolysis) is 1. The van der Waals surface area contributed by atoms with Gasteiger partial charge in [-0.15, -0.1) is 0 Å². The first-order chi connectivity index (χ1) is 14.9. The summed E-state index contributed by atoms with van der Waals surface area (Å²) in [6.07, 6.45) is -0.267. The SMILES string of the molecule is CNc1c(OC)cc(C(=O)N2CC(NC(=O)OC(C)(C)C)CC[C@@H]2C(=O)O)cc1[N+](=O)[O-]. The van der Waals surface area contributed by atoms with E-state index >= 15 is 0 Å². The molecule has 2 rings (SSSR count). The highest BCUT2D eigenvalue weighted by atomic mass is 16.6. The number of carboxylic acid groups (broad SMARTS) is 1. The van der Waals surface area contributed by atoms with Crippen LogP contribution in [0, 0.1) is 10.1 Å². The van der Waals surface area contributed by atoms with Crippen LogP contribution in [0.1, 0.15) is 44.0 Å². The summed E-state index contributed by atoms with van der Waals surface area (Å²) < 4.78 is 10.4.